The minimum Gasteiger partial charge on any atom is -0.480 e. The van der Waals surface area contributed by atoms with Crippen molar-refractivity contribution < 1.29 is 9.13 Å². The van der Waals surface area contributed by atoms with Crippen molar-refractivity contribution in [1.82, 2.24) is 0 Å². The van der Waals surface area contributed by atoms with Gasteiger partial charge in [0.05, 0.1) is 10.9 Å². The van der Waals surface area contributed by atoms with Crippen LogP contribution in [-0.2, 0) is 10.9 Å². The van der Waals surface area contributed by atoms with Crippen LogP contribution in [0, 0.1) is 5.82 Å². The smallest absolute Gasteiger partial charge is 0.170 e. The normalized spacial score (nSPS) is 13.2. The highest BCUT2D eigenvalue weighted by Gasteiger charge is 2.30. The van der Waals surface area contributed by atoms with Crippen molar-refractivity contribution in [3.8, 4) is 5.75 Å². The van der Waals surface area contributed by atoms with Crippen LogP contribution in [0.1, 0.15) is 20.3 Å². The molecule has 1 atom stereocenters. The van der Waals surface area contributed by atoms with Gasteiger partial charge >= 0.3 is 0 Å². The molecule has 0 heterocycles. The first kappa shape index (κ1) is 19.2. The van der Waals surface area contributed by atoms with Crippen molar-refractivity contribution in [3.63, 3.8) is 0 Å². The van der Waals surface area contributed by atoms with Crippen LogP contribution in [0.3, 0.4) is 0 Å². The Kier molecular flexibility index (Phi) is 6.02. The van der Waals surface area contributed by atoms with Crippen molar-refractivity contribution in [2.45, 2.75) is 40.6 Å². The Morgan fingerprint density at radius 2 is 1.48 bits per heavy atom. The lowest BCUT2D eigenvalue weighted by Crippen LogP contribution is -2.28. The summed E-state index contributed by atoms with van der Waals surface area (Å²) >= 11 is 0. The third-order valence-corrected chi connectivity index (χ3v) is 6.79. The molecule has 0 spiro atoms. The zero-order valence-electron chi connectivity index (χ0n) is 15.7. The Bertz CT molecular complexity index is 855. The van der Waals surface area contributed by atoms with Crippen molar-refractivity contribution in [3.05, 3.63) is 97.3 Å². The topological polar surface area (TPSA) is 9.23 Å². The molecule has 0 bridgehead atoms. The zero-order valence-corrected chi connectivity index (χ0v) is 16.5. The lowest BCUT2D eigenvalue weighted by Gasteiger charge is -2.26. The van der Waals surface area contributed by atoms with Gasteiger partial charge in [-0.25, -0.2) is 4.39 Å². The Hall–Kier alpha value is -2.52. The van der Waals surface area contributed by atoms with Gasteiger partial charge in [-0.15, -0.1) is 0 Å². The van der Waals surface area contributed by atoms with Crippen LogP contribution in [0.2, 0.25) is 0 Å². The molecule has 0 saturated heterocycles. The van der Waals surface area contributed by atoms with Crippen LogP contribution in [0.5, 0.6) is 5.75 Å². The van der Waals surface area contributed by atoms with Crippen LogP contribution in [0.4, 0.5) is 4.39 Å². The summed E-state index contributed by atoms with van der Waals surface area (Å²) in [5.41, 5.74) is -0.600. The first-order valence-corrected chi connectivity index (χ1v) is 10.3. The van der Waals surface area contributed by atoms with E-state index in [1.807, 2.05) is 62.4 Å². The van der Waals surface area contributed by atoms with E-state index in [9.17, 15) is 4.39 Å². The molecule has 1 nitrogen and oxygen atoms in total. The molecule has 3 aromatic carbocycles. The van der Waals surface area contributed by atoms with Gasteiger partial charge in [-0.2, -0.15) is 0 Å². The van der Waals surface area contributed by atoms with Crippen LogP contribution in [0.25, 0.3) is 0 Å². The Morgan fingerprint density at radius 3 is 1.96 bits per heavy atom. The highest BCUT2D eigenvalue weighted by atomic mass is 32.2. The summed E-state index contributed by atoms with van der Waals surface area (Å²) in [5.74, 6) is -0.0916. The summed E-state index contributed by atoms with van der Waals surface area (Å²) in [6.45, 7) is 7.76. The molecular formula is C24H24FOS+. The van der Waals surface area contributed by atoms with E-state index in [0.717, 1.165) is 4.90 Å². The van der Waals surface area contributed by atoms with Gasteiger partial charge in [-0.1, -0.05) is 49.9 Å². The van der Waals surface area contributed by atoms with Crippen molar-refractivity contribution in [2.24, 2.45) is 0 Å². The minimum absolute atomic E-state index is 0.265. The van der Waals surface area contributed by atoms with Gasteiger partial charge in [-0.05, 0) is 55.8 Å². The highest BCUT2D eigenvalue weighted by Crippen LogP contribution is 2.35. The first-order chi connectivity index (χ1) is 13.1. The van der Waals surface area contributed by atoms with Gasteiger partial charge < -0.3 is 4.74 Å². The molecule has 0 aliphatic rings. The number of hydrogen-bond acceptors (Lipinski definition) is 1. The minimum atomic E-state index is -0.600. The summed E-state index contributed by atoms with van der Waals surface area (Å²) in [7, 11) is -0.338. The lowest BCUT2D eigenvalue weighted by atomic mass is 10.0. The van der Waals surface area contributed by atoms with Crippen molar-refractivity contribution >= 4 is 10.9 Å². The second kappa shape index (κ2) is 8.45. The van der Waals surface area contributed by atoms with Crippen molar-refractivity contribution in [1.29, 1.82) is 0 Å². The monoisotopic (exact) mass is 379 g/mol. The number of hydrogen-bond donors (Lipinski definition) is 0. The largest absolute Gasteiger partial charge is 0.480 e. The fourth-order valence-electron chi connectivity index (χ4n) is 2.72. The molecule has 0 fully saturated rings. The van der Waals surface area contributed by atoms with E-state index in [1.54, 1.807) is 6.08 Å². The van der Waals surface area contributed by atoms with Gasteiger partial charge in [0.25, 0.3) is 0 Å². The van der Waals surface area contributed by atoms with Crippen molar-refractivity contribution in [2.75, 3.05) is 0 Å². The molecule has 0 N–H and O–H groups in total. The molecule has 27 heavy (non-hydrogen) atoms. The Morgan fingerprint density at radius 1 is 0.926 bits per heavy atom. The zero-order chi connectivity index (χ0) is 19.3. The van der Waals surface area contributed by atoms with Gasteiger partial charge in [0.1, 0.15) is 5.60 Å². The van der Waals surface area contributed by atoms with Gasteiger partial charge in [0.15, 0.2) is 26.3 Å². The highest BCUT2D eigenvalue weighted by molar-refractivity contribution is 7.97. The molecule has 0 saturated carbocycles. The summed E-state index contributed by atoms with van der Waals surface area (Å²) < 4.78 is 20.5. The van der Waals surface area contributed by atoms with Gasteiger partial charge in [0.2, 0.25) is 0 Å². The summed E-state index contributed by atoms with van der Waals surface area (Å²) in [6.07, 6.45) is 2.44. The number of rotatable bonds is 7. The van der Waals surface area contributed by atoms with E-state index in [1.165, 1.54) is 15.9 Å². The Balaban J connectivity index is 2.08. The lowest BCUT2D eigenvalue weighted by molar-refractivity contribution is 0.129. The third kappa shape index (κ3) is 4.42. The van der Waals surface area contributed by atoms with Crippen LogP contribution in [-0.4, -0.2) is 5.60 Å². The summed E-state index contributed by atoms with van der Waals surface area (Å²) in [6, 6.07) is 25.8. The van der Waals surface area contributed by atoms with Crippen LogP contribution >= 0.6 is 0 Å². The average molecular weight is 380 g/mol. The van der Waals surface area contributed by atoms with E-state index in [0.29, 0.717) is 6.42 Å². The van der Waals surface area contributed by atoms with Gasteiger partial charge in [0, 0.05) is 6.07 Å². The molecule has 0 amide bonds. The van der Waals surface area contributed by atoms with E-state index < -0.39 is 5.60 Å². The second-order valence-corrected chi connectivity index (χ2v) is 8.52. The quantitative estimate of drug-likeness (QED) is 0.330. The third-order valence-electron chi connectivity index (χ3n) is 4.57. The average Bonchev–Trinajstić information content (AvgIpc) is 2.72. The molecule has 138 valence electrons. The number of ether oxygens (including phenoxy) is 1. The molecule has 0 aliphatic heterocycles. The maximum Gasteiger partial charge on any atom is 0.170 e. The van der Waals surface area contributed by atoms with Crippen LogP contribution in [0.15, 0.2) is 106 Å². The number of benzene rings is 3. The fraction of sp³-hybridized carbons (Fsp3) is 0.167. The predicted octanol–water partition coefficient (Wildman–Crippen LogP) is 6.65. The summed E-state index contributed by atoms with van der Waals surface area (Å²) in [5, 5.41) is 0. The molecule has 3 rings (SSSR count). The maximum atomic E-state index is 14.5. The molecule has 1 unspecified atom stereocenters. The Labute approximate surface area is 163 Å². The fourth-order valence-corrected chi connectivity index (χ4v) is 4.82. The summed E-state index contributed by atoms with van der Waals surface area (Å²) in [4.78, 5) is 3.39. The number of halogens is 1. The second-order valence-electron chi connectivity index (χ2n) is 6.50. The maximum absolute atomic E-state index is 14.5. The molecule has 3 heteroatoms. The molecule has 0 radical (unpaired) electrons. The standard InChI is InChI=1S/C24H24FOS/c1-4-24(3,5-2)26-23-18-21(16-17-22(23)25)27(19-12-8-6-9-13-19)20-14-10-7-11-15-20/h4,6-18H,1,5H2,2-3H3/q+1. The first-order valence-electron chi connectivity index (χ1n) is 9.03. The van der Waals surface area contributed by atoms with Crippen LogP contribution < -0.4 is 4.74 Å². The van der Waals surface area contributed by atoms with E-state index in [-0.39, 0.29) is 22.5 Å². The molecule has 0 aliphatic carbocycles. The van der Waals surface area contributed by atoms with E-state index >= 15 is 0 Å². The molecule has 0 aromatic heterocycles. The van der Waals surface area contributed by atoms with E-state index in [2.05, 4.69) is 30.8 Å². The molecule has 3 aromatic rings. The van der Waals surface area contributed by atoms with E-state index in [4.69, 9.17) is 4.74 Å². The van der Waals surface area contributed by atoms with Gasteiger partial charge in [-0.3, -0.25) is 0 Å². The molecular weight excluding hydrogens is 355 g/mol. The SMILES string of the molecule is C=CC(C)(CC)Oc1cc([S+](c2ccccc2)c2ccccc2)ccc1F. The predicted molar refractivity (Wildman–Crippen MR) is 111 cm³/mol.